The fourth-order valence-electron chi connectivity index (χ4n) is 2.50. The molecule has 2 N–H and O–H groups in total. The highest BCUT2D eigenvalue weighted by Crippen LogP contribution is 2.38. The Labute approximate surface area is 127 Å². The number of nitrogens with zero attached hydrogens (tertiary/aromatic N) is 2. The maximum Gasteiger partial charge on any atom is 0.151 e. The predicted octanol–water partition coefficient (Wildman–Crippen LogP) is 4.89. The molecule has 20 heavy (non-hydrogen) atoms. The first kappa shape index (κ1) is 13.5. The zero-order chi connectivity index (χ0) is 14.4. The molecule has 3 aromatic rings. The number of anilines is 1. The third kappa shape index (κ3) is 2.00. The van der Waals surface area contributed by atoms with E-state index in [9.17, 15) is 0 Å². The number of para-hydroxylation sites is 1. The number of aryl methyl sites for hydroxylation is 1. The van der Waals surface area contributed by atoms with Crippen LogP contribution in [0.25, 0.3) is 21.7 Å². The van der Waals surface area contributed by atoms with Crippen molar-refractivity contribution in [1.82, 2.24) is 9.55 Å². The van der Waals surface area contributed by atoms with Gasteiger partial charge >= 0.3 is 0 Å². The second-order valence-electron chi connectivity index (χ2n) is 5.17. The Morgan fingerprint density at radius 2 is 2.10 bits per heavy atom. The molecule has 1 aromatic carbocycles. The van der Waals surface area contributed by atoms with Crippen LogP contribution in [0.3, 0.4) is 0 Å². The van der Waals surface area contributed by atoms with Crippen LogP contribution >= 0.6 is 22.9 Å². The highest BCUT2D eigenvalue weighted by molar-refractivity contribution is 7.19. The second-order valence-corrected chi connectivity index (χ2v) is 6.66. The number of hydrogen-bond donors (Lipinski definition) is 1. The molecule has 0 aliphatic rings. The topological polar surface area (TPSA) is 43.8 Å². The quantitative estimate of drug-likeness (QED) is 0.732. The average Bonchev–Trinajstić information content (AvgIpc) is 2.90. The van der Waals surface area contributed by atoms with Crippen molar-refractivity contribution in [2.75, 3.05) is 5.73 Å². The molecule has 0 radical (unpaired) electrons. The summed E-state index contributed by atoms with van der Waals surface area (Å²) in [5.41, 5.74) is 8.99. The van der Waals surface area contributed by atoms with Crippen LogP contribution in [0, 0.1) is 6.92 Å². The zero-order valence-electron chi connectivity index (χ0n) is 11.6. The summed E-state index contributed by atoms with van der Waals surface area (Å²) < 4.78 is 2.19. The number of rotatable bonds is 2. The lowest BCUT2D eigenvalue weighted by atomic mass is 10.2. The van der Waals surface area contributed by atoms with Gasteiger partial charge in [-0.15, -0.1) is 11.3 Å². The minimum atomic E-state index is 0.276. The monoisotopic (exact) mass is 305 g/mol. The van der Waals surface area contributed by atoms with E-state index in [2.05, 4.69) is 25.3 Å². The number of benzene rings is 1. The number of imidazole rings is 1. The van der Waals surface area contributed by atoms with Gasteiger partial charge in [-0.05, 0) is 44.5 Å². The Balaban J connectivity index is 2.39. The lowest BCUT2D eigenvalue weighted by molar-refractivity contribution is 0.625. The Hall–Kier alpha value is -1.52. The van der Waals surface area contributed by atoms with Crippen molar-refractivity contribution in [3.63, 3.8) is 0 Å². The number of nitrogen functional groups attached to an aromatic ring is 1. The summed E-state index contributed by atoms with van der Waals surface area (Å²) in [6.45, 7) is 6.34. The fourth-order valence-corrected chi connectivity index (χ4v) is 3.69. The molecular formula is C15H16ClN3S. The summed E-state index contributed by atoms with van der Waals surface area (Å²) in [6, 6.07) is 8.10. The molecule has 0 fully saturated rings. The summed E-state index contributed by atoms with van der Waals surface area (Å²) >= 11 is 7.94. The van der Waals surface area contributed by atoms with E-state index in [1.807, 2.05) is 24.3 Å². The van der Waals surface area contributed by atoms with Crippen LogP contribution in [0.15, 0.2) is 24.3 Å². The van der Waals surface area contributed by atoms with Gasteiger partial charge < -0.3 is 10.3 Å². The van der Waals surface area contributed by atoms with Gasteiger partial charge in [0.15, 0.2) is 5.82 Å². The molecule has 3 rings (SSSR count). The predicted molar refractivity (Wildman–Crippen MR) is 87.6 cm³/mol. The molecule has 0 unspecified atom stereocenters. The number of nitrogens with two attached hydrogens (primary N) is 1. The molecular weight excluding hydrogens is 290 g/mol. The van der Waals surface area contributed by atoms with E-state index < -0.39 is 0 Å². The molecule has 0 spiro atoms. The van der Waals surface area contributed by atoms with E-state index in [1.165, 1.54) is 0 Å². The van der Waals surface area contributed by atoms with Crippen LogP contribution in [0.1, 0.15) is 25.5 Å². The number of halogens is 1. The molecule has 0 saturated heterocycles. The van der Waals surface area contributed by atoms with Gasteiger partial charge in [0, 0.05) is 6.04 Å². The standard InChI is InChI=1S/C15H16ClN3S/c1-8(2)19-13-10(16)5-4-6-11(13)18-15(19)14-9(3)7-12(17)20-14/h4-8H,17H2,1-3H3. The van der Waals surface area contributed by atoms with E-state index >= 15 is 0 Å². The van der Waals surface area contributed by atoms with Gasteiger partial charge in [0.25, 0.3) is 0 Å². The van der Waals surface area contributed by atoms with E-state index in [-0.39, 0.29) is 6.04 Å². The molecule has 0 bridgehead atoms. The Morgan fingerprint density at radius 1 is 1.35 bits per heavy atom. The van der Waals surface area contributed by atoms with Crippen LogP contribution in [0.4, 0.5) is 5.00 Å². The molecule has 104 valence electrons. The van der Waals surface area contributed by atoms with Crippen molar-refractivity contribution in [1.29, 1.82) is 0 Å². The van der Waals surface area contributed by atoms with Crippen LogP contribution in [0.2, 0.25) is 5.02 Å². The Kier molecular flexibility index (Phi) is 3.22. The zero-order valence-corrected chi connectivity index (χ0v) is 13.2. The van der Waals surface area contributed by atoms with E-state index in [4.69, 9.17) is 22.3 Å². The summed E-state index contributed by atoms with van der Waals surface area (Å²) in [6.07, 6.45) is 0. The van der Waals surface area contributed by atoms with Crippen molar-refractivity contribution >= 4 is 39.0 Å². The van der Waals surface area contributed by atoms with E-state index in [0.29, 0.717) is 0 Å². The lowest BCUT2D eigenvalue weighted by Crippen LogP contribution is -2.03. The summed E-state index contributed by atoms with van der Waals surface area (Å²) in [5.74, 6) is 0.947. The lowest BCUT2D eigenvalue weighted by Gasteiger charge is -2.13. The molecule has 0 aliphatic heterocycles. The molecule has 0 aliphatic carbocycles. The first-order valence-corrected chi connectivity index (χ1v) is 7.71. The first-order chi connectivity index (χ1) is 9.49. The maximum absolute atomic E-state index is 6.37. The van der Waals surface area contributed by atoms with Crippen LogP contribution < -0.4 is 5.73 Å². The van der Waals surface area contributed by atoms with Crippen molar-refractivity contribution < 1.29 is 0 Å². The van der Waals surface area contributed by atoms with Gasteiger partial charge in [-0.1, -0.05) is 17.7 Å². The third-order valence-corrected chi connectivity index (χ3v) is 4.68. The number of fused-ring (bicyclic) bond motifs is 1. The molecule has 0 amide bonds. The SMILES string of the molecule is Cc1cc(N)sc1-c1nc2cccc(Cl)c2n1C(C)C. The van der Waals surface area contributed by atoms with Crippen LogP contribution in [0.5, 0.6) is 0 Å². The first-order valence-electron chi connectivity index (χ1n) is 6.51. The largest absolute Gasteiger partial charge is 0.391 e. The number of aromatic nitrogens is 2. The summed E-state index contributed by atoms with van der Waals surface area (Å²) in [5, 5.41) is 1.54. The Bertz CT molecular complexity index is 786. The fraction of sp³-hybridized carbons (Fsp3) is 0.267. The van der Waals surface area contributed by atoms with Crippen molar-refractivity contribution in [2.24, 2.45) is 0 Å². The van der Waals surface area contributed by atoms with E-state index in [1.54, 1.807) is 11.3 Å². The summed E-state index contributed by atoms with van der Waals surface area (Å²) in [4.78, 5) is 5.89. The highest BCUT2D eigenvalue weighted by atomic mass is 35.5. The molecule has 2 aromatic heterocycles. The van der Waals surface area contributed by atoms with Crippen LogP contribution in [-0.2, 0) is 0 Å². The summed E-state index contributed by atoms with van der Waals surface area (Å²) in [7, 11) is 0. The van der Waals surface area contributed by atoms with Gasteiger partial charge in [-0.25, -0.2) is 4.98 Å². The average molecular weight is 306 g/mol. The normalized spacial score (nSPS) is 11.7. The van der Waals surface area contributed by atoms with Crippen molar-refractivity contribution in [2.45, 2.75) is 26.8 Å². The minimum Gasteiger partial charge on any atom is -0.391 e. The van der Waals surface area contributed by atoms with Crippen LogP contribution in [-0.4, -0.2) is 9.55 Å². The Morgan fingerprint density at radius 3 is 2.70 bits per heavy atom. The van der Waals surface area contributed by atoms with Gasteiger partial charge in [0.05, 0.1) is 25.9 Å². The maximum atomic E-state index is 6.37. The third-order valence-electron chi connectivity index (χ3n) is 3.32. The van der Waals surface area contributed by atoms with Gasteiger partial charge in [0.2, 0.25) is 0 Å². The number of hydrogen-bond acceptors (Lipinski definition) is 3. The molecule has 0 atom stereocenters. The van der Waals surface area contributed by atoms with Gasteiger partial charge in [0.1, 0.15) is 0 Å². The van der Waals surface area contributed by atoms with Gasteiger partial charge in [-0.2, -0.15) is 0 Å². The molecule has 3 nitrogen and oxygen atoms in total. The molecule has 5 heteroatoms. The molecule has 0 saturated carbocycles. The highest BCUT2D eigenvalue weighted by Gasteiger charge is 2.19. The van der Waals surface area contributed by atoms with Crippen molar-refractivity contribution in [3.05, 3.63) is 34.9 Å². The number of thiophene rings is 1. The van der Waals surface area contributed by atoms with E-state index in [0.717, 1.165) is 37.3 Å². The second kappa shape index (κ2) is 4.79. The minimum absolute atomic E-state index is 0.276. The van der Waals surface area contributed by atoms with Crippen molar-refractivity contribution in [3.8, 4) is 10.7 Å². The van der Waals surface area contributed by atoms with Gasteiger partial charge in [-0.3, -0.25) is 0 Å². The smallest absolute Gasteiger partial charge is 0.151 e. The molecule has 2 heterocycles.